The Kier molecular flexibility index (Phi) is 4.54. The predicted octanol–water partition coefficient (Wildman–Crippen LogP) is 2.24. The molecule has 150 valence electrons. The monoisotopic (exact) mass is 391 g/mol. The highest BCUT2D eigenvalue weighted by Crippen LogP contribution is 2.35. The predicted molar refractivity (Wildman–Crippen MR) is 111 cm³/mol. The Bertz CT molecular complexity index is 1180. The number of hydrogen-bond donors (Lipinski definition) is 0. The SMILES string of the molecule is Cn1c(CN2CCCC2c2nc3ccccc3c(=O)n2CC2CC2)nccc1=O. The molecule has 0 bridgehead atoms. The van der Waals surface area contributed by atoms with Crippen molar-refractivity contribution in [1.29, 1.82) is 0 Å². The molecule has 7 heteroatoms. The van der Waals surface area contributed by atoms with Gasteiger partial charge in [-0.2, -0.15) is 0 Å². The molecule has 0 spiro atoms. The molecule has 1 atom stereocenters. The second-order valence-electron chi connectivity index (χ2n) is 8.23. The zero-order valence-corrected chi connectivity index (χ0v) is 16.6. The summed E-state index contributed by atoms with van der Waals surface area (Å²) in [5, 5.41) is 0.688. The van der Waals surface area contributed by atoms with E-state index >= 15 is 0 Å². The van der Waals surface area contributed by atoms with Crippen LogP contribution >= 0.6 is 0 Å². The number of nitrogens with zero attached hydrogens (tertiary/aromatic N) is 5. The highest BCUT2D eigenvalue weighted by Gasteiger charge is 2.33. The molecule has 1 aliphatic heterocycles. The summed E-state index contributed by atoms with van der Waals surface area (Å²) in [5.74, 6) is 2.18. The summed E-state index contributed by atoms with van der Waals surface area (Å²) >= 11 is 0. The molecular formula is C22H25N5O2. The van der Waals surface area contributed by atoms with Gasteiger partial charge in [-0.1, -0.05) is 12.1 Å². The van der Waals surface area contributed by atoms with Crippen molar-refractivity contribution in [3.05, 3.63) is 68.9 Å². The number of fused-ring (bicyclic) bond motifs is 1. The topological polar surface area (TPSA) is 73.0 Å². The first-order chi connectivity index (χ1) is 14.1. The van der Waals surface area contributed by atoms with Crippen molar-refractivity contribution < 1.29 is 0 Å². The number of benzene rings is 1. The highest BCUT2D eigenvalue weighted by atomic mass is 16.1. The smallest absolute Gasteiger partial charge is 0.261 e. The number of hydrogen-bond acceptors (Lipinski definition) is 5. The summed E-state index contributed by atoms with van der Waals surface area (Å²) in [4.78, 5) is 36.9. The van der Waals surface area contributed by atoms with E-state index in [0.717, 1.165) is 43.1 Å². The highest BCUT2D eigenvalue weighted by molar-refractivity contribution is 5.77. The van der Waals surface area contributed by atoms with Crippen LogP contribution in [0.1, 0.15) is 43.4 Å². The van der Waals surface area contributed by atoms with Crippen LogP contribution in [0.4, 0.5) is 0 Å². The molecule has 29 heavy (non-hydrogen) atoms. The zero-order chi connectivity index (χ0) is 20.0. The van der Waals surface area contributed by atoms with Crippen LogP contribution in [0.15, 0.2) is 46.1 Å². The quantitative estimate of drug-likeness (QED) is 0.667. The van der Waals surface area contributed by atoms with Crippen molar-refractivity contribution in [3.8, 4) is 0 Å². The first-order valence-electron chi connectivity index (χ1n) is 10.4. The first kappa shape index (κ1) is 18.2. The molecule has 3 aromatic rings. The maximum atomic E-state index is 13.3. The number of para-hydroxylation sites is 1. The molecule has 2 fully saturated rings. The van der Waals surface area contributed by atoms with E-state index in [4.69, 9.17) is 4.98 Å². The van der Waals surface area contributed by atoms with Gasteiger partial charge >= 0.3 is 0 Å². The maximum Gasteiger partial charge on any atom is 0.261 e. The third-order valence-corrected chi connectivity index (χ3v) is 6.19. The fourth-order valence-electron chi connectivity index (χ4n) is 4.32. The minimum absolute atomic E-state index is 0.0554. The van der Waals surface area contributed by atoms with Gasteiger partial charge in [0.05, 0.1) is 23.5 Å². The van der Waals surface area contributed by atoms with E-state index < -0.39 is 0 Å². The Morgan fingerprint density at radius 3 is 2.76 bits per heavy atom. The van der Waals surface area contributed by atoms with Gasteiger partial charge in [0.25, 0.3) is 11.1 Å². The van der Waals surface area contributed by atoms with E-state index in [1.807, 2.05) is 28.8 Å². The van der Waals surface area contributed by atoms with E-state index in [1.165, 1.54) is 18.9 Å². The summed E-state index contributed by atoms with van der Waals surface area (Å²) in [6, 6.07) is 9.15. The van der Waals surface area contributed by atoms with Crippen LogP contribution in [-0.2, 0) is 20.1 Å². The summed E-state index contributed by atoms with van der Waals surface area (Å²) in [6.45, 7) is 2.23. The fourth-order valence-corrected chi connectivity index (χ4v) is 4.32. The summed E-state index contributed by atoms with van der Waals surface area (Å²) in [7, 11) is 1.76. The molecule has 0 radical (unpaired) electrons. The molecule has 2 aromatic heterocycles. The van der Waals surface area contributed by atoms with E-state index in [1.54, 1.807) is 17.8 Å². The molecule has 0 N–H and O–H groups in total. The first-order valence-corrected chi connectivity index (χ1v) is 10.4. The van der Waals surface area contributed by atoms with E-state index in [2.05, 4.69) is 9.88 Å². The molecule has 1 unspecified atom stereocenters. The normalized spacial score (nSPS) is 19.8. The van der Waals surface area contributed by atoms with Crippen LogP contribution in [0, 0.1) is 5.92 Å². The minimum Gasteiger partial charge on any atom is -0.299 e. The van der Waals surface area contributed by atoms with Gasteiger partial charge in [-0.15, -0.1) is 0 Å². The molecule has 7 nitrogen and oxygen atoms in total. The van der Waals surface area contributed by atoms with Crippen LogP contribution in [-0.4, -0.2) is 30.5 Å². The van der Waals surface area contributed by atoms with Crippen molar-refractivity contribution in [2.45, 2.75) is 44.8 Å². The van der Waals surface area contributed by atoms with Crippen molar-refractivity contribution in [3.63, 3.8) is 0 Å². The third kappa shape index (κ3) is 3.40. The molecule has 1 aliphatic carbocycles. The van der Waals surface area contributed by atoms with E-state index in [0.29, 0.717) is 17.8 Å². The average Bonchev–Trinajstić information content (AvgIpc) is 3.43. The summed E-state index contributed by atoms with van der Waals surface area (Å²) in [6.07, 6.45) is 5.93. The van der Waals surface area contributed by atoms with Crippen molar-refractivity contribution in [1.82, 2.24) is 24.0 Å². The maximum absolute atomic E-state index is 13.3. The van der Waals surface area contributed by atoms with Gasteiger partial charge in [-0.25, -0.2) is 9.97 Å². The number of likely N-dealkylation sites (tertiary alicyclic amines) is 1. The van der Waals surface area contributed by atoms with Gasteiger partial charge in [0.2, 0.25) is 0 Å². The Labute approximate surface area is 168 Å². The molecular weight excluding hydrogens is 366 g/mol. The van der Waals surface area contributed by atoms with Gasteiger partial charge in [-0.05, 0) is 50.3 Å². The molecule has 2 aliphatic rings. The second-order valence-corrected chi connectivity index (χ2v) is 8.23. The molecule has 5 rings (SSSR count). The van der Waals surface area contributed by atoms with Gasteiger partial charge < -0.3 is 0 Å². The lowest BCUT2D eigenvalue weighted by molar-refractivity contribution is 0.223. The van der Waals surface area contributed by atoms with Crippen LogP contribution in [0.2, 0.25) is 0 Å². The Morgan fingerprint density at radius 2 is 1.93 bits per heavy atom. The summed E-state index contributed by atoms with van der Waals surface area (Å²) in [5.41, 5.74) is 0.770. The van der Waals surface area contributed by atoms with Crippen LogP contribution < -0.4 is 11.1 Å². The van der Waals surface area contributed by atoms with Gasteiger partial charge in [0.15, 0.2) is 0 Å². The largest absolute Gasteiger partial charge is 0.299 e. The van der Waals surface area contributed by atoms with Gasteiger partial charge in [0, 0.05) is 25.9 Å². The number of rotatable bonds is 5. The van der Waals surface area contributed by atoms with Crippen LogP contribution in [0.5, 0.6) is 0 Å². The summed E-state index contributed by atoms with van der Waals surface area (Å²) < 4.78 is 3.51. The lowest BCUT2D eigenvalue weighted by atomic mass is 10.1. The second kappa shape index (κ2) is 7.22. The minimum atomic E-state index is -0.0554. The van der Waals surface area contributed by atoms with Crippen molar-refractivity contribution in [2.75, 3.05) is 6.54 Å². The van der Waals surface area contributed by atoms with Crippen molar-refractivity contribution >= 4 is 10.9 Å². The molecule has 1 saturated heterocycles. The van der Waals surface area contributed by atoms with Gasteiger partial charge in [0.1, 0.15) is 11.6 Å². The lowest BCUT2D eigenvalue weighted by Gasteiger charge is -2.26. The van der Waals surface area contributed by atoms with Crippen molar-refractivity contribution in [2.24, 2.45) is 13.0 Å². The molecule has 1 aromatic carbocycles. The Balaban J connectivity index is 1.57. The number of aromatic nitrogens is 4. The van der Waals surface area contributed by atoms with E-state index in [9.17, 15) is 9.59 Å². The molecule has 3 heterocycles. The molecule has 0 amide bonds. The fraction of sp³-hybridized carbons (Fsp3) is 0.455. The third-order valence-electron chi connectivity index (χ3n) is 6.19. The van der Waals surface area contributed by atoms with E-state index in [-0.39, 0.29) is 17.2 Å². The lowest BCUT2D eigenvalue weighted by Crippen LogP contribution is -2.34. The zero-order valence-electron chi connectivity index (χ0n) is 16.6. The average molecular weight is 391 g/mol. The van der Waals surface area contributed by atoms with Gasteiger partial charge in [-0.3, -0.25) is 23.6 Å². The Morgan fingerprint density at radius 1 is 1.10 bits per heavy atom. The molecule has 1 saturated carbocycles. The van der Waals surface area contributed by atoms with Crippen LogP contribution in [0.3, 0.4) is 0 Å². The standard InChI is InChI=1S/C22H25N5O2/c1-25-19(23-11-10-20(25)28)14-26-12-4-7-18(26)21-24-17-6-3-2-5-16(17)22(29)27(21)13-15-8-9-15/h2-3,5-6,10-11,15,18H,4,7-9,12-14H2,1H3. The Hall–Kier alpha value is -2.80. The van der Waals surface area contributed by atoms with Crippen LogP contribution in [0.25, 0.3) is 10.9 Å².